The molecule has 2 heterocycles. The molecule has 0 aliphatic carbocycles. The second-order valence-corrected chi connectivity index (χ2v) is 11.1. The van der Waals surface area contributed by atoms with E-state index < -0.39 is 22.0 Å². The lowest BCUT2D eigenvalue weighted by Crippen LogP contribution is -2.48. The number of halogens is 1. The lowest BCUT2D eigenvalue weighted by Gasteiger charge is -2.34. The molecule has 0 saturated heterocycles. The van der Waals surface area contributed by atoms with Crippen LogP contribution in [-0.2, 0) is 14.8 Å². The standard InChI is InChI=1S/C20H17ClN4O4S3/c1-2-11-30-20-24-23-19(31-20)22-18(26)17-12-25(15-5-3-4-6-16(15)29-17)32(27,28)14-9-7-13(21)8-10-14/h2-10,17H,1,11-12H2,(H,22,23,26). The van der Waals surface area contributed by atoms with Gasteiger partial charge in [0.1, 0.15) is 5.75 Å². The third kappa shape index (κ3) is 4.75. The molecule has 1 unspecified atom stereocenters. The Balaban J connectivity index is 1.59. The summed E-state index contributed by atoms with van der Waals surface area (Å²) >= 11 is 8.56. The molecule has 0 spiro atoms. The van der Waals surface area contributed by atoms with E-state index in [0.29, 0.717) is 25.9 Å². The zero-order valence-electron chi connectivity index (χ0n) is 16.5. The number of carbonyl (C=O) groups is 1. The first-order valence-corrected chi connectivity index (χ1v) is 12.9. The van der Waals surface area contributed by atoms with Crippen molar-refractivity contribution in [2.24, 2.45) is 0 Å². The summed E-state index contributed by atoms with van der Waals surface area (Å²) in [6, 6.07) is 12.5. The number of rotatable bonds is 7. The molecule has 1 aliphatic rings. The SMILES string of the molecule is C=CCSc1nnc(NC(=O)C2CN(S(=O)(=O)c3ccc(Cl)cc3)c3ccccc3O2)s1. The Morgan fingerprint density at radius 2 is 2.03 bits per heavy atom. The number of carbonyl (C=O) groups excluding carboxylic acids is 1. The summed E-state index contributed by atoms with van der Waals surface area (Å²) in [6.07, 6.45) is 0.660. The Bertz CT molecular complexity index is 1250. The summed E-state index contributed by atoms with van der Waals surface area (Å²) in [5.41, 5.74) is 0.352. The monoisotopic (exact) mass is 508 g/mol. The summed E-state index contributed by atoms with van der Waals surface area (Å²) in [5.74, 6) is 0.436. The van der Waals surface area contributed by atoms with E-state index in [1.807, 2.05) is 0 Å². The quantitative estimate of drug-likeness (QED) is 0.291. The van der Waals surface area contributed by atoms with Gasteiger partial charge in [0.15, 0.2) is 10.4 Å². The van der Waals surface area contributed by atoms with Crippen LogP contribution in [0.4, 0.5) is 10.8 Å². The first-order chi connectivity index (χ1) is 15.4. The number of hydrogen-bond donors (Lipinski definition) is 1. The Morgan fingerprint density at radius 3 is 2.78 bits per heavy atom. The molecule has 0 fully saturated rings. The Morgan fingerprint density at radius 1 is 1.28 bits per heavy atom. The third-order valence-electron chi connectivity index (χ3n) is 4.39. The van der Waals surface area contributed by atoms with Crippen LogP contribution in [0.1, 0.15) is 0 Å². The first kappa shape index (κ1) is 22.6. The number of fused-ring (bicyclic) bond motifs is 1. The summed E-state index contributed by atoms with van der Waals surface area (Å²) in [5, 5.41) is 11.3. The van der Waals surface area contributed by atoms with Gasteiger partial charge in [-0.2, -0.15) is 0 Å². The van der Waals surface area contributed by atoms with Crippen LogP contribution in [0.15, 0.2) is 70.4 Å². The van der Waals surface area contributed by atoms with E-state index in [-0.39, 0.29) is 17.2 Å². The number of benzene rings is 2. The van der Waals surface area contributed by atoms with Gasteiger partial charge in [-0.1, -0.05) is 52.9 Å². The van der Waals surface area contributed by atoms with E-state index in [0.717, 1.165) is 0 Å². The number of anilines is 2. The first-order valence-electron chi connectivity index (χ1n) is 9.30. The maximum absolute atomic E-state index is 13.4. The molecule has 32 heavy (non-hydrogen) atoms. The van der Waals surface area contributed by atoms with Gasteiger partial charge >= 0.3 is 0 Å². The van der Waals surface area contributed by atoms with Crippen molar-refractivity contribution in [3.8, 4) is 5.75 Å². The lowest BCUT2D eigenvalue weighted by atomic mass is 10.2. The number of ether oxygens (including phenoxy) is 1. The molecule has 8 nitrogen and oxygen atoms in total. The minimum absolute atomic E-state index is 0.0609. The van der Waals surface area contributed by atoms with Gasteiger partial charge in [0.2, 0.25) is 5.13 Å². The number of thioether (sulfide) groups is 1. The van der Waals surface area contributed by atoms with Crippen LogP contribution in [0.3, 0.4) is 0 Å². The number of hydrogen-bond acceptors (Lipinski definition) is 8. The van der Waals surface area contributed by atoms with Gasteiger partial charge < -0.3 is 4.74 Å². The van der Waals surface area contributed by atoms with Crippen molar-refractivity contribution in [1.82, 2.24) is 10.2 Å². The highest BCUT2D eigenvalue weighted by molar-refractivity contribution is 8.01. The van der Waals surface area contributed by atoms with Crippen molar-refractivity contribution < 1.29 is 17.9 Å². The fourth-order valence-corrected chi connectivity index (χ4v) is 6.05. The molecule has 0 radical (unpaired) electrons. The summed E-state index contributed by atoms with van der Waals surface area (Å²) < 4.78 is 34.4. The van der Waals surface area contributed by atoms with Crippen molar-refractivity contribution in [3.05, 3.63) is 66.2 Å². The molecule has 12 heteroatoms. The van der Waals surface area contributed by atoms with Gasteiger partial charge in [0.25, 0.3) is 15.9 Å². The largest absolute Gasteiger partial charge is 0.476 e. The number of aromatic nitrogens is 2. The summed E-state index contributed by atoms with van der Waals surface area (Å²) in [7, 11) is -3.96. The van der Waals surface area contributed by atoms with Crippen LogP contribution in [0.2, 0.25) is 5.02 Å². The maximum Gasteiger partial charge on any atom is 0.269 e. The van der Waals surface area contributed by atoms with E-state index in [1.54, 1.807) is 30.3 Å². The average Bonchev–Trinajstić information content (AvgIpc) is 3.24. The molecule has 1 aliphatic heterocycles. The van der Waals surface area contributed by atoms with Crippen molar-refractivity contribution in [1.29, 1.82) is 0 Å². The molecular weight excluding hydrogens is 492 g/mol. The van der Waals surface area contributed by atoms with Crippen LogP contribution in [0, 0.1) is 0 Å². The molecule has 1 atom stereocenters. The van der Waals surface area contributed by atoms with Crippen molar-refractivity contribution in [2.45, 2.75) is 15.3 Å². The van der Waals surface area contributed by atoms with Crippen molar-refractivity contribution in [3.63, 3.8) is 0 Å². The zero-order valence-corrected chi connectivity index (χ0v) is 19.7. The fourth-order valence-electron chi connectivity index (χ4n) is 2.93. The van der Waals surface area contributed by atoms with Crippen molar-refractivity contribution in [2.75, 3.05) is 21.9 Å². The van der Waals surface area contributed by atoms with Gasteiger partial charge in [-0.3, -0.25) is 14.4 Å². The minimum Gasteiger partial charge on any atom is -0.476 e. The highest BCUT2D eigenvalue weighted by Gasteiger charge is 2.37. The fraction of sp³-hybridized carbons (Fsp3) is 0.150. The van der Waals surface area contributed by atoms with Crippen LogP contribution >= 0.6 is 34.7 Å². The second kappa shape index (κ2) is 9.49. The normalized spacial score (nSPS) is 15.5. The topological polar surface area (TPSA) is 101 Å². The summed E-state index contributed by atoms with van der Waals surface area (Å²) in [6.45, 7) is 3.45. The van der Waals surface area contributed by atoms with Crippen LogP contribution in [0.5, 0.6) is 5.75 Å². The van der Waals surface area contributed by atoms with E-state index in [4.69, 9.17) is 16.3 Å². The molecular formula is C20H17ClN4O4S3. The van der Waals surface area contributed by atoms with Gasteiger partial charge in [-0.15, -0.1) is 16.8 Å². The lowest BCUT2D eigenvalue weighted by molar-refractivity contribution is -0.122. The van der Waals surface area contributed by atoms with Crippen LogP contribution in [-0.4, -0.2) is 42.9 Å². The highest BCUT2D eigenvalue weighted by Crippen LogP contribution is 2.37. The van der Waals surface area contributed by atoms with E-state index >= 15 is 0 Å². The van der Waals surface area contributed by atoms with Crippen LogP contribution in [0.25, 0.3) is 0 Å². The van der Waals surface area contributed by atoms with E-state index in [2.05, 4.69) is 22.1 Å². The van der Waals surface area contributed by atoms with Crippen molar-refractivity contribution >= 4 is 61.4 Å². The van der Waals surface area contributed by atoms with Gasteiger partial charge in [-0.05, 0) is 36.4 Å². The van der Waals surface area contributed by atoms with E-state index in [1.165, 1.54) is 51.7 Å². The predicted octanol–water partition coefficient (Wildman–Crippen LogP) is 4.06. The van der Waals surface area contributed by atoms with Gasteiger partial charge in [0, 0.05) is 10.8 Å². The molecule has 2 aromatic carbocycles. The molecule has 1 aromatic heterocycles. The summed E-state index contributed by atoms with van der Waals surface area (Å²) in [4.78, 5) is 13.0. The molecule has 4 rings (SSSR count). The van der Waals surface area contributed by atoms with Crippen LogP contribution < -0.4 is 14.4 Å². The predicted molar refractivity (Wildman–Crippen MR) is 126 cm³/mol. The molecule has 3 aromatic rings. The minimum atomic E-state index is -3.96. The Hall–Kier alpha value is -2.60. The molecule has 0 bridgehead atoms. The molecule has 1 N–H and O–H groups in total. The highest BCUT2D eigenvalue weighted by atomic mass is 35.5. The molecule has 0 saturated carbocycles. The Kier molecular flexibility index (Phi) is 6.70. The Labute approximate surface area is 198 Å². The number of sulfonamides is 1. The smallest absolute Gasteiger partial charge is 0.269 e. The number of nitrogens with one attached hydrogen (secondary N) is 1. The number of nitrogens with zero attached hydrogens (tertiary/aromatic N) is 3. The number of para-hydroxylation sites is 2. The second-order valence-electron chi connectivity index (χ2n) is 6.53. The van der Waals surface area contributed by atoms with E-state index in [9.17, 15) is 13.2 Å². The third-order valence-corrected chi connectivity index (χ3v) is 8.40. The molecule has 1 amide bonds. The van der Waals surface area contributed by atoms with Gasteiger partial charge in [0.05, 0.1) is 17.1 Å². The average molecular weight is 509 g/mol. The number of amides is 1. The zero-order chi connectivity index (χ0) is 22.7. The maximum atomic E-state index is 13.4. The van der Waals surface area contributed by atoms with Gasteiger partial charge in [-0.25, -0.2) is 8.42 Å². The molecule has 166 valence electrons.